The third kappa shape index (κ3) is 3.73. The maximum atomic E-state index is 12.3. The summed E-state index contributed by atoms with van der Waals surface area (Å²) in [6.07, 6.45) is 3.84. The Morgan fingerprint density at radius 3 is 2.65 bits per heavy atom. The molecule has 1 fully saturated rings. The number of carbonyl (C=O) groups excluding carboxylic acids is 1. The van der Waals surface area contributed by atoms with Crippen LogP contribution in [0.5, 0.6) is 5.75 Å². The molecule has 0 spiro atoms. The lowest BCUT2D eigenvalue weighted by Crippen LogP contribution is -2.38. The van der Waals surface area contributed by atoms with Crippen LogP contribution < -0.4 is 10.1 Å². The summed E-state index contributed by atoms with van der Waals surface area (Å²) in [6.45, 7) is 2.71. The quantitative estimate of drug-likeness (QED) is 0.868. The Hall–Kier alpha value is -1.55. The smallest absolute Gasteiger partial charge is 0.255 e. The number of nitrogens with one attached hydrogen (secondary N) is 1. The monoisotopic (exact) mass is 277 g/mol. The number of rotatable bonds is 5. The van der Waals surface area contributed by atoms with Crippen molar-refractivity contribution < 1.29 is 14.6 Å². The summed E-state index contributed by atoms with van der Waals surface area (Å²) < 4.78 is 5.49. The van der Waals surface area contributed by atoms with E-state index in [-0.39, 0.29) is 18.6 Å². The van der Waals surface area contributed by atoms with E-state index in [1.54, 1.807) is 6.07 Å². The Bertz CT molecular complexity index is 439. The van der Waals surface area contributed by atoms with Gasteiger partial charge in [0.1, 0.15) is 5.75 Å². The molecule has 1 aliphatic rings. The number of aliphatic hydroxyl groups is 1. The largest absolute Gasteiger partial charge is 0.493 e. The third-order valence-corrected chi connectivity index (χ3v) is 3.87. The van der Waals surface area contributed by atoms with E-state index in [1.165, 1.54) is 0 Å². The summed E-state index contributed by atoms with van der Waals surface area (Å²) in [6, 6.07) is 7.54. The lowest BCUT2D eigenvalue weighted by molar-refractivity contribution is 0.0910. The van der Waals surface area contributed by atoms with Gasteiger partial charge in [-0.15, -0.1) is 0 Å². The molecular weight excluding hydrogens is 254 g/mol. The highest BCUT2D eigenvalue weighted by atomic mass is 16.5. The minimum Gasteiger partial charge on any atom is -0.493 e. The van der Waals surface area contributed by atoms with E-state index in [0.29, 0.717) is 23.8 Å². The average Bonchev–Trinajstić information content (AvgIpc) is 2.49. The van der Waals surface area contributed by atoms with E-state index in [2.05, 4.69) is 5.32 Å². The van der Waals surface area contributed by atoms with Gasteiger partial charge in [0.2, 0.25) is 0 Å². The molecule has 0 bridgehead atoms. The van der Waals surface area contributed by atoms with Gasteiger partial charge in [-0.1, -0.05) is 12.1 Å². The molecule has 0 aliphatic heterocycles. The van der Waals surface area contributed by atoms with Crippen LogP contribution in [0.1, 0.15) is 43.0 Å². The Kier molecular flexibility index (Phi) is 5.41. The number of carbonyl (C=O) groups is 1. The molecule has 4 nitrogen and oxygen atoms in total. The number of hydrogen-bond donors (Lipinski definition) is 2. The molecule has 1 amide bonds. The first kappa shape index (κ1) is 14.9. The Morgan fingerprint density at radius 1 is 1.30 bits per heavy atom. The van der Waals surface area contributed by atoms with Gasteiger partial charge < -0.3 is 15.2 Å². The molecule has 2 rings (SSSR count). The highest BCUT2D eigenvalue weighted by Gasteiger charge is 2.23. The highest BCUT2D eigenvalue weighted by Crippen LogP contribution is 2.25. The molecule has 0 radical (unpaired) electrons. The highest BCUT2D eigenvalue weighted by molar-refractivity contribution is 5.97. The van der Waals surface area contributed by atoms with E-state index in [0.717, 1.165) is 25.7 Å². The lowest BCUT2D eigenvalue weighted by atomic mass is 9.86. The van der Waals surface area contributed by atoms with Gasteiger partial charge in [0.15, 0.2) is 0 Å². The van der Waals surface area contributed by atoms with Gasteiger partial charge in [-0.3, -0.25) is 4.79 Å². The van der Waals surface area contributed by atoms with E-state index in [9.17, 15) is 4.79 Å². The molecule has 0 unspecified atom stereocenters. The van der Waals surface area contributed by atoms with Gasteiger partial charge in [0.25, 0.3) is 5.91 Å². The van der Waals surface area contributed by atoms with E-state index in [4.69, 9.17) is 9.84 Å². The zero-order valence-corrected chi connectivity index (χ0v) is 12.0. The molecule has 0 atom stereocenters. The van der Waals surface area contributed by atoms with Gasteiger partial charge in [-0.25, -0.2) is 0 Å². The minimum atomic E-state index is -0.0681. The lowest BCUT2D eigenvalue weighted by Gasteiger charge is -2.28. The molecule has 1 aromatic rings. The van der Waals surface area contributed by atoms with Gasteiger partial charge in [0.05, 0.1) is 12.2 Å². The van der Waals surface area contributed by atoms with Crippen molar-refractivity contribution in [2.45, 2.75) is 38.6 Å². The second-order valence-electron chi connectivity index (χ2n) is 5.30. The van der Waals surface area contributed by atoms with Crippen LogP contribution in [0.15, 0.2) is 24.3 Å². The molecule has 1 saturated carbocycles. The first-order valence-corrected chi connectivity index (χ1v) is 7.38. The Morgan fingerprint density at radius 2 is 2.00 bits per heavy atom. The van der Waals surface area contributed by atoms with Crippen molar-refractivity contribution >= 4 is 5.91 Å². The summed E-state index contributed by atoms with van der Waals surface area (Å²) in [5.41, 5.74) is 0.596. The number of para-hydroxylation sites is 1. The third-order valence-electron chi connectivity index (χ3n) is 3.87. The molecule has 1 aromatic carbocycles. The molecule has 1 aliphatic carbocycles. The Labute approximate surface area is 120 Å². The number of hydrogen-bond acceptors (Lipinski definition) is 3. The van der Waals surface area contributed by atoms with Crippen LogP contribution in [0.25, 0.3) is 0 Å². The molecule has 0 aromatic heterocycles. The molecule has 0 saturated heterocycles. The fourth-order valence-electron chi connectivity index (χ4n) is 2.69. The predicted octanol–water partition coefficient (Wildman–Crippen LogP) is 2.37. The Balaban J connectivity index is 1.95. The summed E-state index contributed by atoms with van der Waals surface area (Å²) in [5, 5.41) is 12.2. The normalized spacial score (nSPS) is 22.3. The van der Waals surface area contributed by atoms with Gasteiger partial charge in [-0.2, -0.15) is 0 Å². The molecule has 110 valence electrons. The van der Waals surface area contributed by atoms with Crippen molar-refractivity contribution in [2.24, 2.45) is 5.92 Å². The minimum absolute atomic E-state index is 0.0681. The fourth-order valence-corrected chi connectivity index (χ4v) is 2.69. The van der Waals surface area contributed by atoms with Crippen LogP contribution in [0.2, 0.25) is 0 Å². The zero-order valence-electron chi connectivity index (χ0n) is 12.0. The second-order valence-corrected chi connectivity index (χ2v) is 5.30. The van der Waals surface area contributed by atoms with Crippen LogP contribution in [0.3, 0.4) is 0 Å². The van der Waals surface area contributed by atoms with Crippen molar-refractivity contribution in [3.63, 3.8) is 0 Å². The van der Waals surface area contributed by atoms with Crippen molar-refractivity contribution in [1.82, 2.24) is 5.32 Å². The van der Waals surface area contributed by atoms with Gasteiger partial charge in [-0.05, 0) is 50.7 Å². The maximum Gasteiger partial charge on any atom is 0.255 e. The average molecular weight is 277 g/mol. The van der Waals surface area contributed by atoms with Crippen LogP contribution >= 0.6 is 0 Å². The van der Waals surface area contributed by atoms with Crippen molar-refractivity contribution in [1.29, 1.82) is 0 Å². The number of amides is 1. The first-order chi connectivity index (χ1) is 9.74. The zero-order chi connectivity index (χ0) is 14.4. The van der Waals surface area contributed by atoms with E-state index < -0.39 is 0 Å². The van der Waals surface area contributed by atoms with Gasteiger partial charge in [0, 0.05) is 12.6 Å². The maximum absolute atomic E-state index is 12.3. The van der Waals surface area contributed by atoms with E-state index >= 15 is 0 Å². The van der Waals surface area contributed by atoms with Crippen LogP contribution in [0, 0.1) is 5.92 Å². The van der Waals surface area contributed by atoms with Crippen molar-refractivity contribution in [3.05, 3.63) is 29.8 Å². The topological polar surface area (TPSA) is 58.6 Å². The fraction of sp³-hybridized carbons (Fsp3) is 0.562. The standard InChI is InChI=1S/C16H23NO3/c1-2-20-15-6-4-3-5-14(15)16(19)17-13-9-7-12(11-18)8-10-13/h3-6,12-13,18H,2,7-11H2,1H3,(H,17,19). The second kappa shape index (κ2) is 7.29. The number of ether oxygens (including phenoxy) is 1. The summed E-state index contributed by atoms with van der Waals surface area (Å²) in [5.74, 6) is 0.969. The van der Waals surface area contributed by atoms with Gasteiger partial charge >= 0.3 is 0 Å². The molecular formula is C16H23NO3. The summed E-state index contributed by atoms with van der Waals surface area (Å²) in [7, 11) is 0. The van der Waals surface area contributed by atoms with Crippen molar-refractivity contribution in [3.8, 4) is 5.75 Å². The van der Waals surface area contributed by atoms with Crippen LogP contribution in [-0.4, -0.2) is 30.3 Å². The molecule has 0 heterocycles. The molecule has 4 heteroatoms. The van der Waals surface area contributed by atoms with Crippen molar-refractivity contribution in [2.75, 3.05) is 13.2 Å². The number of aliphatic hydroxyl groups excluding tert-OH is 1. The summed E-state index contributed by atoms with van der Waals surface area (Å²) in [4.78, 5) is 12.3. The first-order valence-electron chi connectivity index (χ1n) is 7.38. The number of benzene rings is 1. The van der Waals surface area contributed by atoms with Crippen LogP contribution in [0.4, 0.5) is 0 Å². The molecule has 20 heavy (non-hydrogen) atoms. The van der Waals surface area contributed by atoms with E-state index in [1.807, 2.05) is 25.1 Å². The molecule has 2 N–H and O–H groups in total. The predicted molar refractivity (Wildman–Crippen MR) is 77.9 cm³/mol. The SMILES string of the molecule is CCOc1ccccc1C(=O)NC1CCC(CO)CC1. The summed E-state index contributed by atoms with van der Waals surface area (Å²) >= 11 is 0. The van der Waals surface area contributed by atoms with Crippen LogP contribution in [-0.2, 0) is 0 Å².